The van der Waals surface area contributed by atoms with Crippen LogP contribution in [0.25, 0.3) is 0 Å². The zero-order chi connectivity index (χ0) is 11.5. The highest BCUT2D eigenvalue weighted by molar-refractivity contribution is 5.56. The van der Waals surface area contributed by atoms with Gasteiger partial charge in [-0.15, -0.1) is 0 Å². The summed E-state index contributed by atoms with van der Waals surface area (Å²) in [6.07, 6.45) is 0.981. The second kappa shape index (κ2) is 4.18. The number of nitrogens with zero attached hydrogens (tertiary/aromatic N) is 2. The van der Waals surface area contributed by atoms with Crippen molar-refractivity contribution in [3.05, 3.63) is 48.2 Å². The fourth-order valence-electron chi connectivity index (χ4n) is 1.14. The molecule has 0 bridgehead atoms. The van der Waals surface area contributed by atoms with Crippen LogP contribution in [0.3, 0.4) is 0 Å². The molecule has 0 fully saturated rings. The minimum atomic E-state index is -1.04. The molecule has 0 radical (unpaired) electrons. The van der Waals surface area contributed by atoms with Crippen LogP contribution >= 0.6 is 0 Å². The molecule has 0 unspecified atom stereocenters. The van der Waals surface area contributed by atoms with Crippen LogP contribution in [0, 0.1) is 17.6 Å². The summed E-state index contributed by atoms with van der Waals surface area (Å²) in [5, 5.41) is 2.45. The van der Waals surface area contributed by atoms with Gasteiger partial charge in [-0.2, -0.15) is 4.39 Å². The highest BCUT2D eigenvalue weighted by Gasteiger charge is 2.08. The number of benzene rings is 1. The lowest BCUT2D eigenvalue weighted by Gasteiger charge is -2.06. The standard InChI is InChI=1S/C10H6F3N3/c11-6-2-1-3-7(10(6)13)16-9-4-8(12)14-5-15-9/h1-5H,(H,14,15,16). The van der Waals surface area contributed by atoms with Crippen LogP contribution in [0.4, 0.5) is 24.7 Å². The van der Waals surface area contributed by atoms with E-state index in [2.05, 4.69) is 15.3 Å². The Kier molecular flexibility index (Phi) is 2.72. The molecule has 0 amide bonds. The molecule has 1 aromatic heterocycles. The second-order valence-electron chi connectivity index (χ2n) is 2.95. The van der Waals surface area contributed by atoms with Gasteiger partial charge in [0.2, 0.25) is 5.95 Å². The SMILES string of the molecule is Fc1cc(Nc2cccc(F)c2F)ncn1. The topological polar surface area (TPSA) is 37.8 Å². The molecule has 0 aliphatic carbocycles. The zero-order valence-electron chi connectivity index (χ0n) is 7.92. The van der Waals surface area contributed by atoms with Gasteiger partial charge in [0, 0.05) is 6.07 Å². The Labute approximate surface area is 89.0 Å². The second-order valence-corrected chi connectivity index (χ2v) is 2.95. The van der Waals surface area contributed by atoms with Crippen LogP contribution in [0.1, 0.15) is 0 Å². The highest BCUT2D eigenvalue weighted by atomic mass is 19.2. The van der Waals surface area contributed by atoms with Crippen molar-refractivity contribution < 1.29 is 13.2 Å². The van der Waals surface area contributed by atoms with Gasteiger partial charge in [-0.25, -0.2) is 18.7 Å². The van der Waals surface area contributed by atoms with Crippen molar-refractivity contribution in [3.8, 4) is 0 Å². The van der Waals surface area contributed by atoms with E-state index in [1.54, 1.807) is 0 Å². The first-order valence-electron chi connectivity index (χ1n) is 4.35. The quantitative estimate of drug-likeness (QED) is 0.798. The van der Waals surface area contributed by atoms with Gasteiger partial charge < -0.3 is 5.32 Å². The molecule has 1 aromatic carbocycles. The summed E-state index contributed by atoms with van der Waals surface area (Å²) >= 11 is 0. The average Bonchev–Trinajstić information content (AvgIpc) is 2.25. The fraction of sp³-hybridized carbons (Fsp3) is 0. The van der Waals surface area contributed by atoms with Crippen molar-refractivity contribution in [1.82, 2.24) is 9.97 Å². The Morgan fingerprint density at radius 2 is 1.88 bits per heavy atom. The van der Waals surface area contributed by atoms with Gasteiger partial charge in [0.15, 0.2) is 11.6 Å². The van der Waals surface area contributed by atoms with Crippen LogP contribution in [0.15, 0.2) is 30.6 Å². The van der Waals surface area contributed by atoms with Crippen molar-refractivity contribution >= 4 is 11.5 Å². The first-order valence-corrected chi connectivity index (χ1v) is 4.35. The normalized spacial score (nSPS) is 10.2. The van der Waals surface area contributed by atoms with Crippen LogP contribution in [-0.4, -0.2) is 9.97 Å². The molecule has 6 heteroatoms. The smallest absolute Gasteiger partial charge is 0.218 e. The zero-order valence-corrected chi connectivity index (χ0v) is 7.92. The van der Waals surface area contributed by atoms with Crippen molar-refractivity contribution in [1.29, 1.82) is 0 Å². The number of halogens is 3. The number of aromatic nitrogens is 2. The summed E-state index contributed by atoms with van der Waals surface area (Å²) in [5.41, 5.74) is -0.113. The summed E-state index contributed by atoms with van der Waals surface area (Å²) in [6.45, 7) is 0. The van der Waals surface area contributed by atoms with Crippen molar-refractivity contribution in [2.45, 2.75) is 0 Å². The largest absolute Gasteiger partial charge is 0.338 e. The maximum Gasteiger partial charge on any atom is 0.218 e. The molecule has 1 heterocycles. The molecular weight excluding hydrogens is 219 g/mol. The van der Waals surface area contributed by atoms with E-state index in [0.717, 1.165) is 18.5 Å². The molecular formula is C10H6F3N3. The minimum Gasteiger partial charge on any atom is -0.338 e. The maximum atomic E-state index is 13.2. The third kappa shape index (κ3) is 2.10. The van der Waals surface area contributed by atoms with E-state index in [1.807, 2.05) is 0 Å². The molecule has 0 atom stereocenters. The van der Waals surface area contributed by atoms with Crippen LogP contribution in [-0.2, 0) is 0 Å². The van der Waals surface area contributed by atoms with E-state index >= 15 is 0 Å². The fourth-order valence-corrected chi connectivity index (χ4v) is 1.14. The van der Waals surface area contributed by atoms with Crippen molar-refractivity contribution in [2.75, 3.05) is 5.32 Å². The summed E-state index contributed by atoms with van der Waals surface area (Å²) in [4.78, 5) is 6.89. The van der Waals surface area contributed by atoms with Gasteiger partial charge in [-0.3, -0.25) is 0 Å². The van der Waals surface area contributed by atoms with Gasteiger partial charge in [-0.1, -0.05) is 6.07 Å². The van der Waals surface area contributed by atoms with Gasteiger partial charge >= 0.3 is 0 Å². The lowest BCUT2D eigenvalue weighted by Crippen LogP contribution is -1.99. The van der Waals surface area contributed by atoms with Crippen LogP contribution in [0.2, 0.25) is 0 Å². The summed E-state index contributed by atoms with van der Waals surface area (Å²) in [6, 6.07) is 4.61. The van der Waals surface area contributed by atoms with E-state index < -0.39 is 17.6 Å². The Balaban J connectivity index is 2.31. The first kappa shape index (κ1) is 10.4. The summed E-state index contributed by atoms with van der Waals surface area (Å²) in [7, 11) is 0. The predicted molar refractivity (Wildman–Crippen MR) is 51.6 cm³/mol. The van der Waals surface area contributed by atoms with E-state index in [-0.39, 0.29) is 11.5 Å². The van der Waals surface area contributed by atoms with Crippen LogP contribution in [0.5, 0.6) is 0 Å². The van der Waals surface area contributed by atoms with E-state index in [1.165, 1.54) is 12.1 Å². The monoisotopic (exact) mass is 225 g/mol. The van der Waals surface area contributed by atoms with E-state index in [4.69, 9.17) is 0 Å². The molecule has 0 saturated heterocycles. The predicted octanol–water partition coefficient (Wildman–Crippen LogP) is 2.64. The summed E-state index contributed by atoms with van der Waals surface area (Å²) in [5.74, 6) is -2.73. The molecule has 0 aliphatic heterocycles. The molecule has 82 valence electrons. The first-order chi connectivity index (χ1) is 7.66. The van der Waals surface area contributed by atoms with Crippen molar-refractivity contribution in [3.63, 3.8) is 0 Å². The number of nitrogens with one attached hydrogen (secondary N) is 1. The van der Waals surface area contributed by atoms with Crippen LogP contribution < -0.4 is 5.32 Å². The lowest BCUT2D eigenvalue weighted by molar-refractivity contribution is 0.511. The van der Waals surface area contributed by atoms with Crippen molar-refractivity contribution in [2.24, 2.45) is 0 Å². The molecule has 2 rings (SSSR count). The Hall–Kier alpha value is -2.11. The molecule has 0 spiro atoms. The molecule has 2 aromatic rings. The number of hydrogen-bond acceptors (Lipinski definition) is 3. The van der Waals surface area contributed by atoms with Gasteiger partial charge in [-0.05, 0) is 12.1 Å². The van der Waals surface area contributed by atoms with Gasteiger partial charge in [0.05, 0.1) is 5.69 Å². The average molecular weight is 225 g/mol. The summed E-state index contributed by atoms with van der Waals surface area (Å²) < 4.78 is 38.7. The Bertz CT molecular complexity index is 516. The van der Waals surface area contributed by atoms with E-state index in [9.17, 15) is 13.2 Å². The third-order valence-electron chi connectivity index (χ3n) is 1.85. The number of hydrogen-bond donors (Lipinski definition) is 1. The number of rotatable bonds is 2. The van der Waals surface area contributed by atoms with E-state index in [0.29, 0.717) is 0 Å². The lowest BCUT2D eigenvalue weighted by atomic mass is 10.3. The molecule has 3 nitrogen and oxygen atoms in total. The maximum absolute atomic E-state index is 13.2. The third-order valence-corrected chi connectivity index (χ3v) is 1.85. The highest BCUT2D eigenvalue weighted by Crippen LogP contribution is 2.20. The minimum absolute atomic E-state index is 0.0528. The molecule has 0 saturated carbocycles. The molecule has 16 heavy (non-hydrogen) atoms. The Morgan fingerprint density at radius 1 is 1.06 bits per heavy atom. The number of anilines is 2. The molecule has 0 aliphatic rings. The molecule has 1 N–H and O–H groups in total. The Morgan fingerprint density at radius 3 is 2.62 bits per heavy atom. The van der Waals surface area contributed by atoms with Gasteiger partial charge in [0.1, 0.15) is 12.1 Å². The van der Waals surface area contributed by atoms with Gasteiger partial charge in [0.25, 0.3) is 0 Å².